The molecule has 1 radical (unpaired) electrons. The lowest BCUT2D eigenvalue weighted by Gasteiger charge is -2.07. The van der Waals surface area contributed by atoms with E-state index in [1.165, 1.54) is 0 Å². The van der Waals surface area contributed by atoms with Gasteiger partial charge in [0.05, 0.1) is 4.86 Å². The highest BCUT2D eigenvalue weighted by Gasteiger charge is 2.07. The summed E-state index contributed by atoms with van der Waals surface area (Å²) in [6.45, 7) is 0. The van der Waals surface area contributed by atoms with Crippen molar-refractivity contribution in [3.05, 3.63) is 6.42 Å². The Labute approximate surface area is 56.4 Å². The topological polar surface area (TPSA) is 34.1 Å². The van der Waals surface area contributed by atoms with Gasteiger partial charge in [-0.3, -0.25) is 0 Å². The molecule has 0 saturated heterocycles. The lowest BCUT2D eigenvalue weighted by atomic mass is 10.0. The van der Waals surface area contributed by atoms with E-state index in [0.717, 1.165) is 25.7 Å². The van der Waals surface area contributed by atoms with Crippen molar-refractivity contribution in [2.75, 3.05) is 0 Å². The molecule has 0 atom stereocenters. The van der Waals surface area contributed by atoms with Gasteiger partial charge in [-0.15, -0.1) is 0 Å². The summed E-state index contributed by atoms with van der Waals surface area (Å²) < 4.78 is 20.6. The first-order valence-corrected chi connectivity index (χ1v) is 4.16. The minimum atomic E-state index is -1.94. The van der Waals surface area contributed by atoms with Gasteiger partial charge < -0.3 is 0 Å². The lowest BCUT2D eigenvalue weighted by molar-refractivity contribution is 0.625. The van der Waals surface area contributed by atoms with Gasteiger partial charge in [0.15, 0.2) is 0 Å². The van der Waals surface area contributed by atoms with E-state index in [2.05, 4.69) is 0 Å². The fourth-order valence-electron chi connectivity index (χ4n) is 0.960. The first-order valence-electron chi connectivity index (χ1n) is 3.09. The van der Waals surface area contributed by atoms with Crippen LogP contribution in [-0.2, 0) is 10.3 Å². The summed E-state index contributed by atoms with van der Waals surface area (Å²) in [5.41, 5.74) is 0. The van der Waals surface area contributed by atoms with E-state index in [0.29, 0.717) is 4.86 Å². The Morgan fingerprint density at radius 2 is 2.11 bits per heavy atom. The van der Waals surface area contributed by atoms with Crippen molar-refractivity contribution in [2.24, 2.45) is 0 Å². The van der Waals surface area contributed by atoms with Crippen molar-refractivity contribution in [1.82, 2.24) is 0 Å². The fourth-order valence-corrected chi connectivity index (χ4v) is 1.52. The molecule has 1 aliphatic carbocycles. The highest BCUT2D eigenvalue weighted by molar-refractivity contribution is 7.73. The molecule has 1 aliphatic rings. The lowest BCUT2D eigenvalue weighted by Crippen LogP contribution is -2.05. The minimum Gasteiger partial charge on any atom is -0.185 e. The van der Waals surface area contributed by atoms with E-state index in [4.69, 9.17) is 0 Å². The second-order valence-corrected chi connectivity index (χ2v) is 3.14. The molecule has 9 heavy (non-hydrogen) atoms. The molecule has 1 fully saturated rings. The van der Waals surface area contributed by atoms with Crippen LogP contribution in [0.4, 0.5) is 0 Å². The Morgan fingerprint density at radius 1 is 1.33 bits per heavy atom. The standard InChI is InChI=1S/C6H9O2S/c7-9(8)6-4-2-1-3-5-6/h4H,1-3,5H2. The van der Waals surface area contributed by atoms with E-state index in [1.54, 1.807) is 0 Å². The molecule has 0 N–H and O–H groups in total. The molecule has 0 aromatic rings. The normalized spacial score (nSPS) is 19.8. The molecule has 0 aromatic carbocycles. The molecule has 0 amide bonds. The second-order valence-electron chi connectivity index (χ2n) is 2.15. The summed E-state index contributed by atoms with van der Waals surface area (Å²) in [4.78, 5) is 0.598. The third kappa shape index (κ3) is 1.82. The molecule has 0 heterocycles. The molecular formula is C6H9O2S. The zero-order valence-corrected chi connectivity index (χ0v) is 5.95. The van der Waals surface area contributed by atoms with E-state index in [9.17, 15) is 8.42 Å². The molecule has 0 bridgehead atoms. The van der Waals surface area contributed by atoms with Crippen LogP contribution in [0.2, 0.25) is 0 Å². The zero-order chi connectivity index (χ0) is 6.69. The molecule has 1 rings (SSSR count). The van der Waals surface area contributed by atoms with Crippen molar-refractivity contribution >= 4 is 15.2 Å². The first-order chi connectivity index (χ1) is 4.30. The molecule has 0 unspecified atom stereocenters. The highest BCUT2D eigenvalue weighted by Crippen LogP contribution is 2.12. The number of rotatable bonds is 0. The third-order valence-corrected chi connectivity index (χ3v) is 2.26. The van der Waals surface area contributed by atoms with E-state index < -0.39 is 10.3 Å². The largest absolute Gasteiger partial charge is 0.213 e. The molecule has 0 spiro atoms. The van der Waals surface area contributed by atoms with Crippen molar-refractivity contribution in [3.63, 3.8) is 0 Å². The number of hydrogen-bond acceptors (Lipinski definition) is 2. The van der Waals surface area contributed by atoms with Gasteiger partial charge in [-0.1, -0.05) is 6.42 Å². The fraction of sp³-hybridized carbons (Fsp3) is 0.667. The van der Waals surface area contributed by atoms with Crippen LogP contribution in [0.15, 0.2) is 0 Å². The Bertz CT molecular complexity index is 197. The predicted molar refractivity (Wildman–Crippen MR) is 36.7 cm³/mol. The van der Waals surface area contributed by atoms with Crippen LogP contribution < -0.4 is 0 Å². The van der Waals surface area contributed by atoms with Crippen molar-refractivity contribution in [3.8, 4) is 0 Å². The summed E-state index contributed by atoms with van der Waals surface area (Å²) in [5, 5.41) is 0. The van der Waals surface area contributed by atoms with Crippen LogP contribution in [0.25, 0.3) is 0 Å². The smallest absolute Gasteiger partial charge is 0.185 e. The van der Waals surface area contributed by atoms with Gasteiger partial charge in [0.25, 0.3) is 0 Å². The predicted octanol–water partition coefficient (Wildman–Crippen LogP) is 0.816. The molecule has 2 nitrogen and oxygen atoms in total. The van der Waals surface area contributed by atoms with Crippen LogP contribution in [0, 0.1) is 6.42 Å². The maximum atomic E-state index is 10.3. The maximum Gasteiger partial charge on any atom is 0.213 e. The number of hydrogen-bond donors (Lipinski definition) is 0. The van der Waals surface area contributed by atoms with Crippen LogP contribution in [0.1, 0.15) is 25.7 Å². The Balaban J connectivity index is 2.72. The quantitative estimate of drug-likeness (QED) is 0.473. The van der Waals surface area contributed by atoms with Gasteiger partial charge in [-0.05, 0) is 19.3 Å². The van der Waals surface area contributed by atoms with Crippen molar-refractivity contribution < 1.29 is 8.42 Å². The molecule has 1 saturated carbocycles. The van der Waals surface area contributed by atoms with E-state index in [1.807, 2.05) is 6.42 Å². The summed E-state index contributed by atoms with van der Waals surface area (Å²) in [6.07, 6.45) is 5.66. The van der Waals surface area contributed by atoms with Crippen LogP contribution in [0.5, 0.6) is 0 Å². The second kappa shape index (κ2) is 3.01. The van der Waals surface area contributed by atoms with Gasteiger partial charge in [0, 0.05) is 6.42 Å². The molecule has 3 heteroatoms. The van der Waals surface area contributed by atoms with Gasteiger partial charge in [0.1, 0.15) is 0 Å². The average molecular weight is 145 g/mol. The van der Waals surface area contributed by atoms with Gasteiger partial charge in [-0.25, -0.2) is 0 Å². The average Bonchev–Trinajstić information content (AvgIpc) is 1.90. The molecule has 51 valence electrons. The van der Waals surface area contributed by atoms with Crippen LogP contribution >= 0.6 is 0 Å². The molecule has 0 aliphatic heterocycles. The maximum absolute atomic E-state index is 10.3. The summed E-state index contributed by atoms with van der Waals surface area (Å²) in [5.74, 6) is 0. The highest BCUT2D eigenvalue weighted by atomic mass is 32.2. The SMILES string of the molecule is O=S(=O)=C1[CH]CCCC1. The molecule has 0 aromatic heterocycles. The summed E-state index contributed by atoms with van der Waals surface area (Å²) >= 11 is 0. The van der Waals surface area contributed by atoms with Gasteiger partial charge in [0.2, 0.25) is 10.3 Å². The first kappa shape index (κ1) is 6.81. The van der Waals surface area contributed by atoms with Crippen LogP contribution in [-0.4, -0.2) is 13.3 Å². The van der Waals surface area contributed by atoms with Crippen LogP contribution in [0.3, 0.4) is 0 Å². The van der Waals surface area contributed by atoms with E-state index >= 15 is 0 Å². The minimum absolute atomic E-state index is 0.598. The van der Waals surface area contributed by atoms with Crippen molar-refractivity contribution in [2.45, 2.75) is 25.7 Å². The van der Waals surface area contributed by atoms with Gasteiger partial charge >= 0.3 is 0 Å². The van der Waals surface area contributed by atoms with E-state index in [-0.39, 0.29) is 0 Å². The zero-order valence-electron chi connectivity index (χ0n) is 5.13. The summed E-state index contributed by atoms with van der Waals surface area (Å²) in [7, 11) is -1.94. The Morgan fingerprint density at radius 3 is 2.44 bits per heavy atom. The van der Waals surface area contributed by atoms with Gasteiger partial charge in [-0.2, -0.15) is 8.42 Å². The molecular weight excluding hydrogens is 136 g/mol. The Kier molecular flexibility index (Phi) is 2.28. The monoisotopic (exact) mass is 145 g/mol. The third-order valence-electron chi connectivity index (χ3n) is 1.46. The Hall–Kier alpha value is -0.310. The van der Waals surface area contributed by atoms with Crippen molar-refractivity contribution in [1.29, 1.82) is 0 Å². The summed E-state index contributed by atoms with van der Waals surface area (Å²) in [6, 6.07) is 0.